The molecule has 0 aromatic carbocycles. The van der Waals surface area contributed by atoms with Crippen LogP contribution in [0, 0.1) is 5.92 Å². The van der Waals surface area contributed by atoms with E-state index < -0.39 is 0 Å². The van der Waals surface area contributed by atoms with Gasteiger partial charge in [-0.25, -0.2) is 0 Å². The first-order valence-electron chi connectivity index (χ1n) is 9.22. The van der Waals surface area contributed by atoms with Crippen LogP contribution in [0.15, 0.2) is 0 Å². The molecule has 1 heterocycles. The minimum atomic E-state index is 0.230. The van der Waals surface area contributed by atoms with Crippen LogP contribution >= 0.6 is 0 Å². The average molecular weight is 299 g/mol. The molecule has 0 radical (unpaired) electrons. The summed E-state index contributed by atoms with van der Waals surface area (Å²) in [7, 11) is 0. The normalized spacial score (nSPS) is 16.5. The Morgan fingerprint density at radius 3 is 1.67 bits per heavy atom. The van der Waals surface area contributed by atoms with Crippen LogP contribution in [0.2, 0.25) is 0 Å². The number of carbonyl (C=O) groups excluding carboxylic acids is 1. The third-order valence-corrected chi connectivity index (χ3v) is 3.92. The van der Waals surface area contributed by atoms with Gasteiger partial charge in [-0.1, -0.05) is 78.6 Å². The molecule has 0 aliphatic carbocycles. The highest BCUT2D eigenvalue weighted by Gasteiger charge is 2.13. The van der Waals surface area contributed by atoms with E-state index in [1.807, 2.05) is 13.8 Å². The van der Waals surface area contributed by atoms with Gasteiger partial charge in [0, 0.05) is 12.3 Å². The fourth-order valence-electron chi connectivity index (χ4n) is 2.17. The molecule has 0 aromatic rings. The van der Waals surface area contributed by atoms with E-state index in [0.29, 0.717) is 11.9 Å². The van der Waals surface area contributed by atoms with Gasteiger partial charge in [0.1, 0.15) is 5.78 Å². The summed E-state index contributed by atoms with van der Waals surface area (Å²) in [6.45, 7) is 9.30. The summed E-state index contributed by atoms with van der Waals surface area (Å²) in [5.41, 5.74) is 0. The number of carbonyl (C=O) groups is 1. The highest BCUT2D eigenvalue weighted by atomic mass is 16.6. The maximum atomic E-state index is 11.4. The van der Waals surface area contributed by atoms with Gasteiger partial charge in [-0.3, -0.25) is 4.79 Å². The summed E-state index contributed by atoms with van der Waals surface area (Å²) < 4.78 is 4.71. The van der Waals surface area contributed by atoms with Crippen LogP contribution in [0.1, 0.15) is 98.3 Å². The van der Waals surface area contributed by atoms with Crippen molar-refractivity contribution in [2.45, 2.75) is 104 Å². The zero-order valence-electron chi connectivity index (χ0n) is 15.0. The zero-order chi connectivity index (χ0) is 15.9. The third kappa shape index (κ3) is 17.6. The van der Waals surface area contributed by atoms with Crippen molar-refractivity contribution in [3.63, 3.8) is 0 Å². The van der Waals surface area contributed by atoms with Gasteiger partial charge in [0.05, 0.1) is 12.7 Å². The van der Waals surface area contributed by atoms with Crippen molar-refractivity contribution in [3.8, 4) is 0 Å². The fourth-order valence-corrected chi connectivity index (χ4v) is 2.17. The molecular weight excluding hydrogens is 260 g/mol. The molecular formula is C19H38O2. The van der Waals surface area contributed by atoms with E-state index in [0.717, 1.165) is 19.4 Å². The summed E-state index contributed by atoms with van der Waals surface area (Å²) in [6.07, 6.45) is 14.8. The lowest BCUT2D eigenvalue weighted by Gasteiger charge is -2.04. The second-order valence-electron chi connectivity index (χ2n) is 6.70. The lowest BCUT2D eigenvalue weighted by atomic mass is 10.0. The monoisotopic (exact) mass is 298 g/mol. The van der Waals surface area contributed by atoms with Gasteiger partial charge in [0.25, 0.3) is 0 Å². The Morgan fingerprint density at radius 1 is 0.952 bits per heavy atom. The van der Waals surface area contributed by atoms with E-state index in [1.165, 1.54) is 57.8 Å². The number of ether oxygens (including phenoxy) is 1. The molecule has 126 valence electrons. The lowest BCUT2D eigenvalue weighted by molar-refractivity contribution is -0.122. The first-order chi connectivity index (χ1) is 10.1. The Bertz CT molecular complexity index is 232. The smallest absolute Gasteiger partial charge is 0.135 e. The summed E-state index contributed by atoms with van der Waals surface area (Å²) in [4.78, 5) is 11.4. The van der Waals surface area contributed by atoms with Gasteiger partial charge in [0.2, 0.25) is 0 Å². The van der Waals surface area contributed by atoms with Crippen LogP contribution in [0.5, 0.6) is 0 Å². The molecule has 1 fully saturated rings. The number of rotatable bonds is 12. The van der Waals surface area contributed by atoms with Crippen molar-refractivity contribution >= 4 is 5.78 Å². The van der Waals surface area contributed by atoms with Gasteiger partial charge >= 0.3 is 0 Å². The maximum Gasteiger partial charge on any atom is 0.135 e. The molecule has 0 bridgehead atoms. The highest BCUT2D eigenvalue weighted by molar-refractivity contribution is 5.80. The highest BCUT2D eigenvalue weighted by Crippen LogP contribution is 2.12. The van der Waals surface area contributed by atoms with E-state index in [4.69, 9.17) is 4.74 Å². The number of epoxide rings is 1. The minimum Gasteiger partial charge on any atom is -0.373 e. The summed E-state index contributed by atoms with van der Waals surface area (Å²) in [6, 6.07) is 0. The lowest BCUT2D eigenvalue weighted by Crippen LogP contribution is -2.05. The van der Waals surface area contributed by atoms with Gasteiger partial charge in [0.15, 0.2) is 0 Å². The zero-order valence-corrected chi connectivity index (χ0v) is 15.0. The van der Waals surface area contributed by atoms with Crippen molar-refractivity contribution < 1.29 is 9.53 Å². The van der Waals surface area contributed by atoms with Crippen LogP contribution in [-0.4, -0.2) is 18.5 Å². The summed E-state index contributed by atoms with van der Waals surface area (Å²) >= 11 is 0. The third-order valence-electron chi connectivity index (χ3n) is 3.92. The van der Waals surface area contributed by atoms with Crippen LogP contribution in [0.25, 0.3) is 0 Å². The molecule has 1 aliphatic heterocycles. The van der Waals surface area contributed by atoms with E-state index in [9.17, 15) is 4.79 Å². The van der Waals surface area contributed by atoms with Gasteiger partial charge in [-0.05, 0) is 13.3 Å². The van der Waals surface area contributed by atoms with Crippen molar-refractivity contribution in [1.29, 1.82) is 0 Å². The van der Waals surface area contributed by atoms with Crippen LogP contribution in [0.4, 0.5) is 0 Å². The SMILES string of the molecule is CC1CO1.CCCCCCCCCCCCC(=O)C(C)C. The minimum absolute atomic E-state index is 0.230. The Morgan fingerprint density at radius 2 is 1.33 bits per heavy atom. The molecule has 0 spiro atoms. The summed E-state index contributed by atoms with van der Waals surface area (Å²) in [5.74, 6) is 0.665. The predicted molar refractivity (Wildman–Crippen MR) is 91.7 cm³/mol. The summed E-state index contributed by atoms with van der Waals surface area (Å²) in [5, 5.41) is 0. The quantitative estimate of drug-likeness (QED) is 0.330. The van der Waals surface area contributed by atoms with Crippen LogP contribution in [-0.2, 0) is 9.53 Å². The topological polar surface area (TPSA) is 29.6 Å². The van der Waals surface area contributed by atoms with E-state index in [-0.39, 0.29) is 5.92 Å². The van der Waals surface area contributed by atoms with E-state index in [2.05, 4.69) is 13.8 Å². The van der Waals surface area contributed by atoms with E-state index >= 15 is 0 Å². The Labute approximate surface area is 133 Å². The Kier molecular flexibility index (Phi) is 14.3. The van der Waals surface area contributed by atoms with Gasteiger partial charge in [-0.15, -0.1) is 0 Å². The van der Waals surface area contributed by atoms with Crippen LogP contribution in [0.3, 0.4) is 0 Å². The number of Topliss-reactive ketones (excluding diaryl/α,β-unsaturated/α-hetero) is 1. The second-order valence-corrected chi connectivity index (χ2v) is 6.70. The number of ketones is 1. The molecule has 0 N–H and O–H groups in total. The Hall–Kier alpha value is -0.370. The molecule has 2 heteroatoms. The molecule has 1 atom stereocenters. The average Bonchev–Trinajstić information content (AvgIpc) is 3.23. The first kappa shape index (κ1) is 20.6. The van der Waals surface area contributed by atoms with Gasteiger partial charge in [-0.2, -0.15) is 0 Å². The Balaban J connectivity index is 0.000000847. The predicted octanol–water partition coefficient (Wildman–Crippen LogP) is 5.93. The number of unbranched alkanes of at least 4 members (excludes halogenated alkanes) is 9. The molecule has 0 saturated carbocycles. The molecule has 1 aliphatic rings. The first-order valence-corrected chi connectivity index (χ1v) is 9.22. The molecule has 21 heavy (non-hydrogen) atoms. The van der Waals surface area contributed by atoms with Crippen LogP contribution < -0.4 is 0 Å². The molecule has 0 aromatic heterocycles. The van der Waals surface area contributed by atoms with Crippen molar-refractivity contribution in [2.75, 3.05) is 6.61 Å². The molecule has 1 rings (SSSR count). The van der Waals surface area contributed by atoms with E-state index in [1.54, 1.807) is 0 Å². The maximum absolute atomic E-state index is 11.4. The second kappa shape index (κ2) is 14.6. The van der Waals surface area contributed by atoms with Crippen molar-refractivity contribution in [3.05, 3.63) is 0 Å². The molecule has 0 amide bonds. The molecule has 2 nitrogen and oxygen atoms in total. The van der Waals surface area contributed by atoms with Gasteiger partial charge < -0.3 is 4.74 Å². The molecule has 1 unspecified atom stereocenters. The molecule has 1 saturated heterocycles. The van der Waals surface area contributed by atoms with Crippen molar-refractivity contribution in [1.82, 2.24) is 0 Å². The van der Waals surface area contributed by atoms with Crippen molar-refractivity contribution in [2.24, 2.45) is 5.92 Å². The largest absolute Gasteiger partial charge is 0.373 e. The fraction of sp³-hybridized carbons (Fsp3) is 0.947. The number of hydrogen-bond donors (Lipinski definition) is 0. The standard InChI is InChI=1S/C16H32O.C3H6O/c1-4-5-6-7-8-9-10-11-12-13-14-16(17)15(2)3;1-3-2-4-3/h15H,4-14H2,1-3H3;3H,2H2,1H3. The number of hydrogen-bond acceptors (Lipinski definition) is 2.